The number of nitrogens with zero attached hydrogens (tertiary/aromatic N) is 2. The Hall–Kier alpha value is -3.94. The van der Waals surface area contributed by atoms with Crippen LogP contribution in [-0.2, 0) is 9.59 Å². The highest BCUT2D eigenvalue weighted by molar-refractivity contribution is 6.39. The Morgan fingerprint density at radius 2 is 1.81 bits per heavy atom. The van der Waals surface area contributed by atoms with Crippen LogP contribution in [0.15, 0.2) is 59.7 Å². The van der Waals surface area contributed by atoms with Gasteiger partial charge in [0.25, 0.3) is 0 Å². The second-order valence-electron chi connectivity index (χ2n) is 6.70. The Bertz CT molecular complexity index is 1140. The van der Waals surface area contributed by atoms with Gasteiger partial charge in [0.2, 0.25) is 0 Å². The van der Waals surface area contributed by atoms with Crippen LogP contribution in [0.2, 0.25) is 0 Å². The van der Waals surface area contributed by atoms with Crippen LogP contribution in [0.3, 0.4) is 0 Å². The van der Waals surface area contributed by atoms with Crippen LogP contribution in [0.5, 0.6) is 5.75 Å². The molecule has 0 saturated carbocycles. The van der Waals surface area contributed by atoms with E-state index >= 15 is 0 Å². The molecule has 1 aromatic heterocycles. The topological polar surface area (TPSA) is 84.7 Å². The van der Waals surface area contributed by atoms with Crippen LogP contribution < -0.4 is 15.5 Å². The highest BCUT2D eigenvalue weighted by Gasteiger charge is 2.16. The van der Waals surface area contributed by atoms with Gasteiger partial charge in [-0.25, -0.2) is 9.82 Å². The van der Waals surface area contributed by atoms with Gasteiger partial charge in [0, 0.05) is 17.0 Å². The Morgan fingerprint density at radius 1 is 1.10 bits per heavy atom. The summed E-state index contributed by atoms with van der Waals surface area (Å²) in [5.41, 5.74) is 5.25. The van der Waals surface area contributed by atoms with Crippen molar-refractivity contribution >= 4 is 23.7 Å². The van der Waals surface area contributed by atoms with Crippen LogP contribution in [0.1, 0.15) is 23.9 Å². The summed E-state index contributed by atoms with van der Waals surface area (Å²) in [6.45, 7) is 5.91. The third-order valence-electron chi connectivity index (χ3n) is 4.57. The van der Waals surface area contributed by atoms with Gasteiger partial charge < -0.3 is 14.6 Å². The van der Waals surface area contributed by atoms with Gasteiger partial charge in [-0.3, -0.25) is 9.59 Å². The molecule has 0 aliphatic carbocycles. The predicted molar refractivity (Wildman–Crippen MR) is 117 cm³/mol. The zero-order chi connectivity index (χ0) is 22.4. The average molecular weight is 422 g/mol. The third-order valence-corrected chi connectivity index (χ3v) is 4.57. The Balaban J connectivity index is 1.68. The molecule has 0 radical (unpaired) electrons. The van der Waals surface area contributed by atoms with E-state index in [1.165, 1.54) is 12.3 Å². The predicted octanol–water partition coefficient (Wildman–Crippen LogP) is 3.72. The molecule has 0 bridgehead atoms. The molecule has 0 atom stereocenters. The number of hydrogen-bond donors (Lipinski definition) is 2. The highest BCUT2D eigenvalue weighted by atomic mass is 19.1. The fraction of sp³-hybridized carbons (Fsp3) is 0.174. The van der Waals surface area contributed by atoms with Crippen molar-refractivity contribution in [2.24, 2.45) is 5.10 Å². The Morgan fingerprint density at radius 3 is 2.55 bits per heavy atom. The highest BCUT2D eigenvalue weighted by Crippen LogP contribution is 2.24. The average Bonchev–Trinajstić information content (AvgIpc) is 3.03. The molecule has 2 aromatic carbocycles. The largest absolute Gasteiger partial charge is 0.492 e. The zero-order valence-corrected chi connectivity index (χ0v) is 17.5. The number of carbonyl (C=O) groups excluding carboxylic acids is 2. The standard InChI is InChI=1S/C23H23FN4O3/c1-4-31-21-12-8-6-10-19(21)26-22(29)23(30)27-25-14-17-13-15(2)28(16(17)3)20-11-7-5-9-18(20)24/h5-14H,4H2,1-3H3,(H,26,29)(H,27,30)/b25-14-. The molecule has 3 rings (SSSR count). The summed E-state index contributed by atoms with van der Waals surface area (Å²) in [4.78, 5) is 24.3. The van der Waals surface area contributed by atoms with Crippen molar-refractivity contribution < 1.29 is 18.7 Å². The number of aromatic nitrogens is 1. The van der Waals surface area contributed by atoms with Gasteiger partial charge in [-0.05, 0) is 51.1 Å². The molecule has 2 N–H and O–H groups in total. The first kappa shape index (κ1) is 21.8. The van der Waals surface area contributed by atoms with E-state index in [4.69, 9.17) is 4.74 Å². The lowest BCUT2D eigenvalue weighted by molar-refractivity contribution is -0.136. The number of ether oxygens (including phenoxy) is 1. The summed E-state index contributed by atoms with van der Waals surface area (Å²) < 4.78 is 21.4. The molecule has 0 fully saturated rings. The van der Waals surface area contributed by atoms with Crippen LogP contribution in [0.25, 0.3) is 5.69 Å². The lowest BCUT2D eigenvalue weighted by Gasteiger charge is -2.10. The lowest BCUT2D eigenvalue weighted by atomic mass is 10.2. The Kier molecular flexibility index (Phi) is 6.81. The first-order valence-corrected chi connectivity index (χ1v) is 9.72. The van der Waals surface area contributed by atoms with Crippen molar-refractivity contribution in [2.75, 3.05) is 11.9 Å². The van der Waals surface area contributed by atoms with E-state index in [2.05, 4.69) is 15.8 Å². The number of amides is 2. The minimum absolute atomic E-state index is 0.343. The van der Waals surface area contributed by atoms with Crippen molar-refractivity contribution in [1.29, 1.82) is 0 Å². The van der Waals surface area contributed by atoms with Crippen LogP contribution in [0, 0.1) is 19.7 Å². The van der Waals surface area contributed by atoms with E-state index in [0.29, 0.717) is 29.3 Å². The second kappa shape index (κ2) is 9.71. The normalized spacial score (nSPS) is 10.8. The van der Waals surface area contributed by atoms with Crippen molar-refractivity contribution in [3.05, 3.63) is 77.4 Å². The fourth-order valence-corrected chi connectivity index (χ4v) is 3.16. The first-order chi connectivity index (χ1) is 14.9. The molecule has 7 nitrogen and oxygen atoms in total. The van der Waals surface area contributed by atoms with Crippen molar-refractivity contribution in [1.82, 2.24) is 9.99 Å². The molecule has 1 heterocycles. The van der Waals surface area contributed by atoms with Crippen LogP contribution >= 0.6 is 0 Å². The number of para-hydroxylation sites is 3. The molecule has 0 aliphatic rings. The zero-order valence-electron chi connectivity index (χ0n) is 17.5. The van der Waals surface area contributed by atoms with Gasteiger partial charge in [0.15, 0.2) is 0 Å². The van der Waals surface area contributed by atoms with Gasteiger partial charge in [0.05, 0.1) is 24.2 Å². The van der Waals surface area contributed by atoms with E-state index < -0.39 is 11.8 Å². The second-order valence-corrected chi connectivity index (χ2v) is 6.70. The summed E-state index contributed by atoms with van der Waals surface area (Å²) in [6, 6.07) is 15.1. The van der Waals surface area contributed by atoms with Gasteiger partial charge in [-0.15, -0.1) is 0 Å². The molecule has 0 saturated heterocycles. The minimum Gasteiger partial charge on any atom is -0.492 e. The van der Waals surface area contributed by atoms with Crippen molar-refractivity contribution in [2.45, 2.75) is 20.8 Å². The van der Waals surface area contributed by atoms with Crippen LogP contribution in [0.4, 0.5) is 10.1 Å². The number of benzene rings is 2. The molecule has 31 heavy (non-hydrogen) atoms. The van der Waals surface area contributed by atoms with E-state index in [1.807, 2.05) is 26.8 Å². The van der Waals surface area contributed by atoms with E-state index in [-0.39, 0.29) is 5.82 Å². The van der Waals surface area contributed by atoms with Gasteiger partial charge in [-0.1, -0.05) is 24.3 Å². The molecule has 2 amide bonds. The van der Waals surface area contributed by atoms with Crippen molar-refractivity contribution in [3.63, 3.8) is 0 Å². The quantitative estimate of drug-likeness (QED) is 0.361. The molecule has 3 aromatic rings. The number of nitrogens with one attached hydrogen (secondary N) is 2. The smallest absolute Gasteiger partial charge is 0.329 e. The maximum atomic E-state index is 14.2. The number of anilines is 1. The Labute approximate surface area is 179 Å². The summed E-state index contributed by atoms with van der Waals surface area (Å²) in [5.74, 6) is -1.67. The fourth-order valence-electron chi connectivity index (χ4n) is 3.16. The number of hydrazone groups is 1. The van der Waals surface area contributed by atoms with E-state index in [0.717, 1.165) is 11.4 Å². The summed E-state index contributed by atoms with van der Waals surface area (Å²) in [5, 5.41) is 6.37. The van der Waals surface area contributed by atoms with E-state index in [9.17, 15) is 14.0 Å². The lowest BCUT2D eigenvalue weighted by Crippen LogP contribution is -2.32. The molecule has 8 heteroatoms. The summed E-state index contributed by atoms with van der Waals surface area (Å²) >= 11 is 0. The summed E-state index contributed by atoms with van der Waals surface area (Å²) in [6.07, 6.45) is 1.42. The first-order valence-electron chi connectivity index (χ1n) is 9.72. The number of rotatable bonds is 6. The summed E-state index contributed by atoms with van der Waals surface area (Å²) in [7, 11) is 0. The number of hydrogen-bond acceptors (Lipinski definition) is 4. The SMILES string of the molecule is CCOc1ccccc1NC(=O)C(=O)N/N=C\c1cc(C)n(-c2ccccc2F)c1C. The van der Waals surface area contributed by atoms with E-state index in [1.54, 1.807) is 47.0 Å². The minimum atomic E-state index is -0.925. The monoisotopic (exact) mass is 422 g/mol. The van der Waals surface area contributed by atoms with Gasteiger partial charge in [0.1, 0.15) is 11.6 Å². The molecule has 160 valence electrons. The van der Waals surface area contributed by atoms with Gasteiger partial charge >= 0.3 is 11.8 Å². The number of carbonyl (C=O) groups is 2. The van der Waals surface area contributed by atoms with Crippen molar-refractivity contribution in [3.8, 4) is 11.4 Å². The maximum absolute atomic E-state index is 14.2. The molecule has 0 aliphatic heterocycles. The maximum Gasteiger partial charge on any atom is 0.329 e. The molecular weight excluding hydrogens is 399 g/mol. The number of aryl methyl sites for hydroxylation is 1. The molecule has 0 unspecified atom stereocenters. The molecular formula is C23H23FN4O3. The third kappa shape index (κ3) is 4.98. The van der Waals surface area contributed by atoms with Gasteiger partial charge in [-0.2, -0.15) is 5.10 Å². The number of halogens is 1. The molecule has 0 spiro atoms. The van der Waals surface area contributed by atoms with Crippen LogP contribution in [-0.4, -0.2) is 29.2 Å².